The number of nitrogens with zero attached hydrogens (tertiary/aromatic N) is 1. The van der Waals surface area contributed by atoms with Gasteiger partial charge < -0.3 is 10.1 Å². The Labute approximate surface area is 124 Å². The van der Waals surface area contributed by atoms with Crippen LogP contribution >= 0.6 is 11.8 Å². The first-order valence-corrected chi connectivity index (χ1v) is 7.88. The summed E-state index contributed by atoms with van der Waals surface area (Å²) >= 11 is 1.86. The van der Waals surface area contributed by atoms with Crippen LogP contribution in [0.5, 0.6) is 5.75 Å². The van der Waals surface area contributed by atoms with Crippen LogP contribution in [0.1, 0.15) is 27.7 Å². The zero-order chi connectivity index (χ0) is 15.1. The second-order valence-corrected chi connectivity index (χ2v) is 6.13. The third-order valence-corrected chi connectivity index (χ3v) is 3.65. The Morgan fingerprint density at radius 1 is 1.40 bits per heavy atom. The molecule has 0 bridgehead atoms. The van der Waals surface area contributed by atoms with Crippen LogP contribution in [-0.2, 0) is 0 Å². The van der Waals surface area contributed by atoms with Crippen LogP contribution in [0.25, 0.3) is 0 Å². The van der Waals surface area contributed by atoms with Crippen molar-refractivity contribution in [2.45, 2.75) is 39.8 Å². The quantitative estimate of drug-likeness (QED) is 0.582. The standard InChI is InChI=1S/C14H22N2O3S/c1-5-20-9-11(4)15-12-6-7-13(16(17)18)14(8-12)19-10(2)3/h6-8,10-11,15H,5,9H2,1-4H3. The largest absolute Gasteiger partial charge is 0.484 e. The molecule has 0 fully saturated rings. The maximum Gasteiger partial charge on any atom is 0.311 e. The molecule has 0 saturated carbocycles. The van der Waals surface area contributed by atoms with Crippen molar-refractivity contribution < 1.29 is 9.66 Å². The van der Waals surface area contributed by atoms with Crippen LogP contribution < -0.4 is 10.1 Å². The summed E-state index contributed by atoms with van der Waals surface area (Å²) in [5.41, 5.74) is 0.843. The van der Waals surface area contributed by atoms with Gasteiger partial charge in [-0.05, 0) is 32.6 Å². The number of nitro groups is 1. The van der Waals surface area contributed by atoms with Gasteiger partial charge in [-0.15, -0.1) is 0 Å². The maximum absolute atomic E-state index is 11.0. The number of ether oxygens (including phenoxy) is 1. The fraction of sp³-hybridized carbons (Fsp3) is 0.571. The summed E-state index contributed by atoms with van der Waals surface area (Å²) in [5.74, 6) is 2.38. The van der Waals surface area contributed by atoms with E-state index in [1.54, 1.807) is 12.1 Å². The molecular formula is C14H22N2O3S. The topological polar surface area (TPSA) is 64.4 Å². The molecule has 0 aliphatic carbocycles. The molecule has 0 radical (unpaired) electrons. The minimum atomic E-state index is -0.419. The van der Waals surface area contributed by atoms with Crippen LogP contribution in [0.2, 0.25) is 0 Å². The number of anilines is 1. The van der Waals surface area contributed by atoms with Crippen LogP contribution in [0.3, 0.4) is 0 Å². The van der Waals surface area contributed by atoms with Gasteiger partial charge in [0.05, 0.1) is 11.0 Å². The van der Waals surface area contributed by atoms with Crippen molar-refractivity contribution in [1.82, 2.24) is 0 Å². The fourth-order valence-corrected chi connectivity index (χ4v) is 2.40. The highest BCUT2D eigenvalue weighted by atomic mass is 32.2. The highest BCUT2D eigenvalue weighted by Crippen LogP contribution is 2.31. The van der Waals surface area contributed by atoms with Crippen molar-refractivity contribution in [2.75, 3.05) is 16.8 Å². The molecule has 1 atom stereocenters. The zero-order valence-electron chi connectivity index (χ0n) is 12.4. The van der Waals surface area contributed by atoms with Crippen LogP contribution in [0.15, 0.2) is 18.2 Å². The molecule has 0 amide bonds. The second-order valence-electron chi connectivity index (χ2n) is 4.81. The number of benzene rings is 1. The van der Waals surface area contributed by atoms with E-state index in [9.17, 15) is 10.1 Å². The van der Waals surface area contributed by atoms with Gasteiger partial charge in [0.2, 0.25) is 0 Å². The van der Waals surface area contributed by atoms with E-state index >= 15 is 0 Å². The van der Waals surface area contributed by atoms with Crippen molar-refractivity contribution in [1.29, 1.82) is 0 Å². The fourth-order valence-electron chi connectivity index (χ4n) is 1.72. The van der Waals surface area contributed by atoms with Crippen molar-refractivity contribution in [3.05, 3.63) is 28.3 Å². The molecule has 0 aromatic heterocycles. The van der Waals surface area contributed by atoms with Crippen molar-refractivity contribution in [3.63, 3.8) is 0 Å². The molecule has 0 saturated heterocycles. The molecule has 0 aliphatic heterocycles. The molecule has 1 rings (SSSR count). The van der Waals surface area contributed by atoms with Gasteiger partial charge in [0, 0.05) is 29.6 Å². The van der Waals surface area contributed by atoms with Crippen LogP contribution in [-0.4, -0.2) is 28.6 Å². The summed E-state index contributed by atoms with van der Waals surface area (Å²) in [6.45, 7) is 7.92. The first-order chi connectivity index (χ1) is 9.43. The Balaban J connectivity index is 2.85. The van der Waals surface area contributed by atoms with E-state index < -0.39 is 4.92 Å². The number of nitro benzene ring substituents is 1. The molecule has 1 unspecified atom stereocenters. The molecule has 6 heteroatoms. The summed E-state index contributed by atoms with van der Waals surface area (Å²) in [6.07, 6.45) is -0.1000. The molecule has 1 N–H and O–H groups in total. The van der Waals surface area contributed by atoms with Gasteiger partial charge in [-0.25, -0.2) is 0 Å². The molecule has 112 valence electrons. The predicted molar refractivity (Wildman–Crippen MR) is 84.9 cm³/mol. The molecule has 0 heterocycles. The van der Waals surface area contributed by atoms with E-state index in [1.165, 1.54) is 6.07 Å². The highest BCUT2D eigenvalue weighted by Gasteiger charge is 2.17. The van der Waals surface area contributed by atoms with E-state index in [4.69, 9.17) is 4.74 Å². The zero-order valence-corrected chi connectivity index (χ0v) is 13.2. The Morgan fingerprint density at radius 2 is 2.10 bits per heavy atom. The molecule has 5 nitrogen and oxygen atoms in total. The second kappa shape index (κ2) is 7.99. The van der Waals surface area contributed by atoms with Gasteiger partial charge in [0.1, 0.15) is 0 Å². The minimum absolute atomic E-state index is 0.000152. The van der Waals surface area contributed by atoms with Gasteiger partial charge in [0.25, 0.3) is 0 Å². The van der Waals surface area contributed by atoms with Gasteiger partial charge in [-0.1, -0.05) is 6.92 Å². The van der Waals surface area contributed by atoms with E-state index in [1.807, 2.05) is 25.6 Å². The lowest BCUT2D eigenvalue weighted by Crippen LogP contribution is -2.18. The van der Waals surface area contributed by atoms with E-state index in [-0.39, 0.29) is 11.8 Å². The van der Waals surface area contributed by atoms with E-state index in [0.717, 1.165) is 17.2 Å². The molecule has 1 aromatic rings. The summed E-state index contributed by atoms with van der Waals surface area (Å²) in [7, 11) is 0. The average molecular weight is 298 g/mol. The third kappa shape index (κ3) is 5.28. The van der Waals surface area contributed by atoms with Crippen LogP contribution in [0, 0.1) is 10.1 Å². The summed E-state index contributed by atoms with van der Waals surface area (Å²) < 4.78 is 5.52. The normalized spacial score (nSPS) is 12.2. The number of rotatable bonds is 8. The lowest BCUT2D eigenvalue weighted by Gasteiger charge is -2.16. The number of nitrogens with one attached hydrogen (secondary N) is 1. The lowest BCUT2D eigenvalue weighted by atomic mass is 10.2. The number of thioether (sulfide) groups is 1. The first kappa shape index (κ1) is 16.6. The lowest BCUT2D eigenvalue weighted by molar-refractivity contribution is -0.386. The van der Waals surface area contributed by atoms with Crippen molar-refractivity contribution >= 4 is 23.1 Å². The highest BCUT2D eigenvalue weighted by molar-refractivity contribution is 7.99. The molecule has 0 spiro atoms. The van der Waals surface area contributed by atoms with Crippen LogP contribution in [0.4, 0.5) is 11.4 Å². The monoisotopic (exact) mass is 298 g/mol. The SMILES string of the molecule is CCSCC(C)Nc1ccc([N+](=O)[O-])c(OC(C)C)c1. The number of hydrogen-bond acceptors (Lipinski definition) is 5. The summed E-state index contributed by atoms with van der Waals surface area (Å²) in [6, 6.07) is 5.21. The summed E-state index contributed by atoms with van der Waals surface area (Å²) in [4.78, 5) is 10.6. The first-order valence-electron chi connectivity index (χ1n) is 6.73. The Bertz CT molecular complexity index is 452. The van der Waals surface area contributed by atoms with Gasteiger partial charge in [-0.2, -0.15) is 11.8 Å². The van der Waals surface area contributed by atoms with Gasteiger partial charge in [0.15, 0.2) is 5.75 Å². The van der Waals surface area contributed by atoms with Crippen molar-refractivity contribution in [2.24, 2.45) is 0 Å². The minimum Gasteiger partial charge on any atom is -0.484 e. The Kier molecular flexibility index (Phi) is 6.64. The van der Waals surface area contributed by atoms with Gasteiger partial charge >= 0.3 is 5.69 Å². The van der Waals surface area contributed by atoms with E-state index in [0.29, 0.717) is 11.8 Å². The maximum atomic E-state index is 11.0. The molecule has 20 heavy (non-hydrogen) atoms. The van der Waals surface area contributed by atoms with E-state index in [2.05, 4.69) is 19.2 Å². The third-order valence-electron chi connectivity index (χ3n) is 2.50. The smallest absolute Gasteiger partial charge is 0.311 e. The average Bonchev–Trinajstić information content (AvgIpc) is 2.35. The predicted octanol–water partition coefficient (Wildman–Crippen LogP) is 3.94. The van der Waals surface area contributed by atoms with Gasteiger partial charge in [-0.3, -0.25) is 10.1 Å². The molecular weight excluding hydrogens is 276 g/mol. The summed E-state index contributed by atoms with van der Waals surface area (Å²) in [5, 5.41) is 14.3. The number of hydrogen-bond donors (Lipinski definition) is 1. The molecule has 1 aromatic carbocycles. The van der Waals surface area contributed by atoms with Crippen molar-refractivity contribution in [3.8, 4) is 5.75 Å². The molecule has 0 aliphatic rings. The Morgan fingerprint density at radius 3 is 2.65 bits per heavy atom. The Hall–Kier alpha value is -1.43.